The molecule has 1 aliphatic heterocycles. The van der Waals surface area contributed by atoms with Gasteiger partial charge in [-0.1, -0.05) is 54.1 Å². The number of hydrogen-bond acceptors (Lipinski definition) is 2. The van der Waals surface area contributed by atoms with Crippen molar-refractivity contribution in [2.24, 2.45) is 5.73 Å². The maximum Gasteiger partial charge on any atom is 0.0476 e. The van der Waals surface area contributed by atoms with E-state index in [0.29, 0.717) is 12.6 Å². The zero-order chi connectivity index (χ0) is 14.7. The predicted octanol–water partition coefficient (Wildman–Crippen LogP) is 4.18. The molecule has 0 bridgehead atoms. The van der Waals surface area contributed by atoms with Gasteiger partial charge in [0, 0.05) is 23.7 Å². The van der Waals surface area contributed by atoms with E-state index in [1.807, 2.05) is 12.1 Å². The third-order valence-electron chi connectivity index (χ3n) is 4.36. The molecule has 1 fully saturated rings. The fraction of sp³-hybridized carbons (Fsp3) is 0.333. The highest BCUT2D eigenvalue weighted by atomic mass is 35.5. The van der Waals surface area contributed by atoms with Gasteiger partial charge in [-0.05, 0) is 42.6 Å². The molecule has 1 aliphatic rings. The molecule has 3 rings (SSSR count). The van der Waals surface area contributed by atoms with E-state index in [0.717, 1.165) is 11.6 Å². The van der Waals surface area contributed by atoms with E-state index in [9.17, 15) is 0 Å². The summed E-state index contributed by atoms with van der Waals surface area (Å²) in [5.74, 6) is 0. The maximum atomic E-state index is 6.09. The van der Waals surface area contributed by atoms with E-state index < -0.39 is 0 Å². The van der Waals surface area contributed by atoms with Gasteiger partial charge in [0.1, 0.15) is 0 Å². The Balaban J connectivity index is 1.87. The van der Waals surface area contributed by atoms with Crippen LogP contribution in [0.2, 0.25) is 5.02 Å². The molecule has 0 amide bonds. The summed E-state index contributed by atoms with van der Waals surface area (Å²) >= 11 is 6.00. The number of benzene rings is 2. The molecule has 2 nitrogen and oxygen atoms in total. The first-order valence-corrected chi connectivity index (χ1v) is 7.93. The average molecular weight is 301 g/mol. The average Bonchev–Trinajstić information content (AvgIpc) is 3.00. The maximum absolute atomic E-state index is 6.09. The van der Waals surface area contributed by atoms with Crippen LogP contribution in [0.15, 0.2) is 54.6 Å². The normalized spacial score (nSPS) is 20.6. The van der Waals surface area contributed by atoms with Crippen LogP contribution in [0.3, 0.4) is 0 Å². The van der Waals surface area contributed by atoms with E-state index in [1.165, 1.54) is 24.0 Å². The van der Waals surface area contributed by atoms with Gasteiger partial charge < -0.3 is 5.73 Å². The summed E-state index contributed by atoms with van der Waals surface area (Å²) in [4.78, 5) is 2.54. The van der Waals surface area contributed by atoms with Crippen molar-refractivity contribution in [1.82, 2.24) is 4.90 Å². The van der Waals surface area contributed by atoms with Crippen LogP contribution >= 0.6 is 11.6 Å². The summed E-state index contributed by atoms with van der Waals surface area (Å²) in [6, 6.07) is 19.6. The van der Waals surface area contributed by atoms with Crippen molar-refractivity contribution in [2.75, 3.05) is 13.1 Å². The monoisotopic (exact) mass is 300 g/mol. The Hall–Kier alpha value is -1.35. The highest BCUT2D eigenvalue weighted by molar-refractivity contribution is 6.30. The number of likely N-dealkylation sites (tertiary alicyclic amines) is 1. The molecule has 1 heterocycles. The Morgan fingerprint density at radius 2 is 1.81 bits per heavy atom. The second-order valence-corrected chi connectivity index (χ2v) is 6.05. The zero-order valence-electron chi connectivity index (χ0n) is 12.1. The van der Waals surface area contributed by atoms with Gasteiger partial charge in [-0.25, -0.2) is 0 Å². The third kappa shape index (κ3) is 3.13. The van der Waals surface area contributed by atoms with E-state index in [4.69, 9.17) is 17.3 Å². The van der Waals surface area contributed by atoms with Crippen LogP contribution in [-0.2, 0) is 0 Å². The molecular formula is C18H21ClN2. The zero-order valence-corrected chi connectivity index (χ0v) is 12.8. The second-order valence-electron chi connectivity index (χ2n) is 5.61. The second kappa shape index (κ2) is 6.61. The van der Waals surface area contributed by atoms with Gasteiger partial charge in [0.05, 0.1) is 0 Å². The van der Waals surface area contributed by atoms with Crippen LogP contribution in [-0.4, -0.2) is 18.0 Å². The number of nitrogens with two attached hydrogens (primary N) is 1. The van der Waals surface area contributed by atoms with Crippen molar-refractivity contribution in [3.05, 3.63) is 70.7 Å². The van der Waals surface area contributed by atoms with E-state index in [-0.39, 0.29) is 6.04 Å². The fourth-order valence-electron chi connectivity index (χ4n) is 3.34. The standard InChI is InChI=1S/C18H21ClN2/c19-16-10-8-15(9-11-16)18(13-20)21-12-4-7-17(21)14-5-2-1-3-6-14/h1-3,5-6,8-11,17-18H,4,7,12-13,20H2. The largest absolute Gasteiger partial charge is 0.329 e. The van der Waals surface area contributed by atoms with Gasteiger partial charge in [0.25, 0.3) is 0 Å². The van der Waals surface area contributed by atoms with Gasteiger partial charge in [0.2, 0.25) is 0 Å². The molecule has 0 saturated carbocycles. The molecule has 2 N–H and O–H groups in total. The van der Waals surface area contributed by atoms with Crippen molar-refractivity contribution >= 4 is 11.6 Å². The highest BCUT2D eigenvalue weighted by Gasteiger charge is 2.31. The van der Waals surface area contributed by atoms with Gasteiger partial charge in [-0.2, -0.15) is 0 Å². The van der Waals surface area contributed by atoms with Crippen LogP contribution in [0.5, 0.6) is 0 Å². The minimum Gasteiger partial charge on any atom is -0.329 e. The van der Waals surface area contributed by atoms with Crippen molar-refractivity contribution in [3.8, 4) is 0 Å². The minimum atomic E-state index is 0.259. The van der Waals surface area contributed by atoms with Crippen LogP contribution < -0.4 is 5.73 Å². The van der Waals surface area contributed by atoms with Crippen LogP contribution in [0, 0.1) is 0 Å². The van der Waals surface area contributed by atoms with Crippen LogP contribution in [0.25, 0.3) is 0 Å². The number of nitrogens with zero attached hydrogens (tertiary/aromatic N) is 1. The van der Waals surface area contributed by atoms with E-state index in [1.54, 1.807) is 0 Å². The number of halogens is 1. The lowest BCUT2D eigenvalue weighted by molar-refractivity contribution is 0.185. The van der Waals surface area contributed by atoms with Crippen LogP contribution in [0.1, 0.15) is 36.1 Å². The van der Waals surface area contributed by atoms with Crippen molar-refractivity contribution in [1.29, 1.82) is 0 Å². The molecule has 3 heteroatoms. The van der Waals surface area contributed by atoms with Gasteiger partial charge in [-0.3, -0.25) is 4.90 Å². The molecule has 2 unspecified atom stereocenters. The highest BCUT2D eigenvalue weighted by Crippen LogP contribution is 2.38. The first kappa shape index (κ1) is 14.6. The molecule has 21 heavy (non-hydrogen) atoms. The lowest BCUT2D eigenvalue weighted by atomic mass is 10.0. The van der Waals surface area contributed by atoms with Gasteiger partial charge in [-0.15, -0.1) is 0 Å². The fourth-order valence-corrected chi connectivity index (χ4v) is 3.47. The van der Waals surface area contributed by atoms with Crippen molar-refractivity contribution in [3.63, 3.8) is 0 Å². The van der Waals surface area contributed by atoms with E-state index >= 15 is 0 Å². The van der Waals surface area contributed by atoms with Crippen molar-refractivity contribution in [2.45, 2.75) is 24.9 Å². The Labute approximate surface area is 131 Å². The summed E-state index contributed by atoms with van der Waals surface area (Å²) in [7, 11) is 0. The molecule has 0 aromatic heterocycles. The molecule has 0 radical (unpaired) electrons. The molecule has 2 atom stereocenters. The lowest BCUT2D eigenvalue weighted by Gasteiger charge is -2.33. The number of rotatable bonds is 4. The van der Waals surface area contributed by atoms with Crippen molar-refractivity contribution < 1.29 is 0 Å². The Morgan fingerprint density at radius 3 is 2.48 bits per heavy atom. The number of hydrogen-bond donors (Lipinski definition) is 1. The van der Waals surface area contributed by atoms with Gasteiger partial charge in [0.15, 0.2) is 0 Å². The predicted molar refractivity (Wildman–Crippen MR) is 88.4 cm³/mol. The molecule has 0 spiro atoms. The molecule has 1 saturated heterocycles. The summed E-state index contributed by atoms with van der Waals surface area (Å²) in [6.07, 6.45) is 2.43. The smallest absolute Gasteiger partial charge is 0.0476 e. The lowest BCUT2D eigenvalue weighted by Crippen LogP contribution is -2.33. The molecule has 0 aliphatic carbocycles. The summed E-state index contributed by atoms with van der Waals surface area (Å²) in [5, 5.41) is 0.774. The Bertz CT molecular complexity index is 568. The topological polar surface area (TPSA) is 29.3 Å². The summed E-state index contributed by atoms with van der Waals surface area (Å²) in [6.45, 7) is 1.73. The molecule has 110 valence electrons. The SMILES string of the molecule is NCC(c1ccc(Cl)cc1)N1CCCC1c1ccccc1. The van der Waals surface area contributed by atoms with E-state index in [2.05, 4.69) is 47.4 Å². The Morgan fingerprint density at radius 1 is 1.10 bits per heavy atom. The first-order chi connectivity index (χ1) is 10.3. The summed E-state index contributed by atoms with van der Waals surface area (Å²) in [5.41, 5.74) is 8.73. The van der Waals surface area contributed by atoms with Gasteiger partial charge >= 0.3 is 0 Å². The first-order valence-electron chi connectivity index (χ1n) is 7.56. The Kier molecular flexibility index (Phi) is 4.59. The quantitative estimate of drug-likeness (QED) is 0.918. The van der Waals surface area contributed by atoms with Crippen LogP contribution in [0.4, 0.5) is 0 Å². The minimum absolute atomic E-state index is 0.259. The molecular weight excluding hydrogens is 280 g/mol. The third-order valence-corrected chi connectivity index (χ3v) is 4.61. The molecule has 2 aromatic rings. The summed E-state index contributed by atoms with van der Waals surface area (Å²) < 4.78 is 0. The molecule has 2 aromatic carbocycles.